The molecule has 184 valence electrons. The van der Waals surface area contributed by atoms with Crippen molar-refractivity contribution in [2.24, 2.45) is 0 Å². The maximum Gasteiger partial charge on any atom is 0.261 e. The van der Waals surface area contributed by atoms with Gasteiger partial charge in [0.05, 0.1) is 0 Å². The number of halogens is 1. The van der Waals surface area contributed by atoms with Crippen molar-refractivity contribution in [2.75, 3.05) is 6.61 Å². The van der Waals surface area contributed by atoms with Crippen LogP contribution in [-0.2, 0) is 22.6 Å². The molecule has 3 aromatic rings. The van der Waals surface area contributed by atoms with E-state index in [2.05, 4.69) is 21.2 Å². The highest BCUT2D eigenvalue weighted by atomic mass is 79.9. The van der Waals surface area contributed by atoms with E-state index in [4.69, 9.17) is 4.74 Å². The number of benzene rings is 3. The maximum absolute atomic E-state index is 13.6. The second-order valence-corrected chi connectivity index (χ2v) is 9.70. The standard InChI is InChI=1S/C29H33BrN2O3/c1-4-22(3)31-29(34)27(18-23-11-6-5-7-12-23)32(19-24-13-9-14-25(30)17-24)28(33)20-35-26-15-8-10-21(2)16-26/h5-17,22,27H,4,18-20H2,1-3H3,(H,31,34)/t22-,27-/m1/s1. The average molecular weight is 537 g/mol. The summed E-state index contributed by atoms with van der Waals surface area (Å²) in [4.78, 5) is 28.7. The van der Waals surface area contributed by atoms with E-state index in [9.17, 15) is 9.59 Å². The number of aryl methyl sites for hydroxylation is 1. The topological polar surface area (TPSA) is 58.6 Å². The van der Waals surface area contributed by atoms with Crippen LogP contribution in [0.4, 0.5) is 0 Å². The molecule has 0 aliphatic heterocycles. The van der Waals surface area contributed by atoms with Crippen molar-refractivity contribution in [3.8, 4) is 5.75 Å². The molecule has 0 spiro atoms. The molecule has 1 N–H and O–H groups in total. The Bertz CT molecular complexity index is 1120. The number of hydrogen-bond donors (Lipinski definition) is 1. The van der Waals surface area contributed by atoms with E-state index in [1.807, 2.05) is 99.6 Å². The van der Waals surface area contributed by atoms with Gasteiger partial charge in [-0.2, -0.15) is 0 Å². The van der Waals surface area contributed by atoms with Crippen LogP contribution in [0.15, 0.2) is 83.3 Å². The van der Waals surface area contributed by atoms with Crippen LogP contribution in [0.2, 0.25) is 0 Å². The van der Waals surface area contributed by atoms with Crippen LogP contribution < -0.4 is 10.1 Å². The van der Waals surface area contributed by atoms with Crippen LogP contribution in [0, 0.1) is 6.92 Å². The maximum atomic E-state index is 13.6. The van der Waals surface area contributed by atoms with Crippen LogP contribution in [0.5, 0.6) is 5.75 Å². The first-order valence-corrected chi connectivity index (χ1v) is 12.7. The smallest absolute Gasteiger partial charge is 0.261 e. The zero-order valence-electron chi connectivity index (χ0n) is 20.5. The van der Waals surface area contributed by atoms with Gasteiger partial charge in [0.15, 0.2) is 6.61 Å². The van der Waals surface area contributed by atoms with Gasteiger partial charge in [0.25, 0.3) is 5.91 Å². The highest BCUT2D eigenvalue weighted by Crippen LogP contribution is 2.19. The van der Waals surface area contributed by atoms with Gasteiger partial charge < -0.3 is 15.0 Å². The van der Waals surface area contributed by atoms with Gasteiger partial charge >= 0.3 is 0 Å². The monoisotopic (exact) mass is 536 g/mol. The predicted molar refractivity (Wildman–Crippen MR) is 143 cm³/mol. The van der Waals surface area contributed by atoms with Gasteiger partial charge in [-0.3, -0.25) is 9.59 Å². The lowest BCUT2D eigenvalue weighted by Gasteiger charge is -2.32. The summed E-state index contributed by atoms with van der Waals surface area (Å²) in [6.45, 7) is 6.11. The fraction of sp³-hybridized carbons (Fsp3) is 0.310. The van der Waals surface area contributed by atoms with E-state index in [1.165, 1.54) is 0 Å². The minimum absolute atomic E-state index is 0.00661. The van der Waals surface area contributed by atoms with Crippen LogP contribution in [0.3, 0.4) is 0 Å². The summed E-state index contributed by atoms with van der Waals surface area (Å²) in [6.07, 6.45) is 1.22. The van der Waals surface area contributed by atoms with Crippen molar-refractivity contribution in [3.05, 3.63) is 100 Å². The van der Waals surface area contributed by atoms with E-state index < -0.39 is 6.04 Å². The number of nitrogens with zero attached hydrogens (tertiary/aromatic N) is 1. The van der Waals surface area contributed by atoms with Gasteiger partial charge in [-0.1, -0.05) is 77.5 Å². The van der Waals surface area contributed by atoms with E-state index in [1.54, 1.807) is 4.90 Å². The first-order valence-electron chi connectivity index (χ1n) is 11.9. The Labute approximate surface area is 216 Å². The summed E-state index contributed by atoms with van der Waals surface area (Å²) in [5.74, 6) is 0.221. The molecular weight excluding hydrogens is 504 g/mol. The number of hydrogen-bond acceptors (Lipinski definition) is 3. The zero-order chi connectivity index (χ0) is 25.2. The molecule has 3 aromatic carbocycles. The van der Waals surface area contributed by atoms with Crippen LogP contribution in [0.1, 0.15) is 37.0 Å². The zero-order valence-corrected chi connectivity index (χ0v) is 22.1. The Kier molecular flexibility index (Phi) is 9.91. The van der Waals surface area contributed by atoms with Gasteiger partial charge in [0, 0.05) is 23.5 Å². The molecule has 0 unspecified atom stereocenters. The molecule has 0 bridgehead atoms. The van der Waals surface area contributed by atoms with Gasteiger partial charge in [-0.25, -0.2) is 0 Å². The Balaban J connectivity index is 1.91. The van der Waals surface area contributed by atoms with E-state index in [0.717, 1.165) is 27.6 Å². The first-order chi connectivity index (χ1) is 16.9. The predicted octanol–water partition coefficient (Wildman–Crippen LogP) is 5.69. The molecule has 0 fully saturated rings. The third-order valence-electron chi connectivity index (χ3n) is 5.87. The van der Waals surface area contributed by atoms with Crippen molar-refractivity contribution < 1.29 is 14.3 Å². The molecule has 0 aromatic heterocycles. The van der Waals surface area contributed by atoms with E-state index >= 15 is 0 Å². The minimum atomic E-state index is -0.681. The van der Waals surface area contributed by atoms with Crippen molar-refractivity contribution in [1.29, 1.82) is 0 Å². The summed E-state index contributed by atoms with van der Waals surface area (Å²) in [5.41, 5.74) is 2.97. The van der Waals surface area contributed by atoms with Gasteiger partial charge in [-0.15, -0.1) is 0 Å². The lowest BCUT2D eigenvalue weighted by molar-refractivity contribution is -0.143. The molecule has 0 heterocycles. The van der Waals surface area contributed by atoms with Crippen molar-refractivity contribution in [1.82, 2.24) is 10.2 Å². The molecule has 0 aliphatic carbocycles. The molecular formula is C29H33BrN2O3. The highest BCUT2D eigenvalue weighted by Gasteiger charge is 2.31. The molecule has 5 nitrogen and oxygen atoms in total. The Morgan fingerprint density at radius 3 is 2.37 bits per heavy atom. The van der Waals surface area contributed by atoms with E-state index in [-0.39, 0.29) is 24.5 Å². The van der Waals surface area contributed by atoms with Gasteiger partial charge in [0.2, 0.25) is 5.91 Å². The lowest BCUT2D eigenvalue weighted by Crippen LogP contribution is -2.53. The molecule has 2 amide bonds. The highest BCUT2D eigenvalue weighted by molar-refractivity contribution is 9.10. The summed E-state index contributed by atoms with van der Waals surface area (Å²) < 4.78 is 6.76. The Hall–Kier alpha value is -3.12. The molecule has 0 radical (unpaired) electrons. The van der Waals surface area contributed by atoms with Gasteiger partial charge in [0.1, 0.15) is 11.8 Å². The Morgan fingerprint density at radius 2 is 1.69 bits per heavy atom. The molecule has 6 heteroatoms. The molecule has 0 saturated heterocycles. The molecule has 3 rings (SSSR count). The van der Waals surface area contributed by atoms with Crippen molar-refractivity contribution in [2.45, 2.75) is 52.2 Å². The molecule has 0 aliphatic rings. The normalized spacial score (nSPS) is 12.5. The van der Waals surface area contributed by atoms with Crippen LogP contribution >= 0.6 is 15.9 Å². The minimum Gasteiger partial charge on any atom is -0.484 e. The first kappa shape index (κ1) is 26.5. The molecule has 0 saturated carbocycles. The lowest BCUT2D eigenvalue weighted by atomic mass is 10.0. The number of amides is 2. The van der Waals surface area contributed by atoms with Crippen molar-refractivity contribution >= 4 is 27.7 Å². The number of ether oxygens (including phenoxy) is 1. The molecule has 2 atom stereocenters. The number of carbonyl (C=O) groups is 2. The SMILES string of the molecule is CC[C@@H](C)NC(=O)[C@@H](Cc1ccccc1)N(Cc1cccc(Br)c1)C(=O)COc1cccc(C)c1. The number of carbonyl (C=O) groups excluding carboxylic acids is 2. The number of nitrogens with one attached hydrogen (secondary N) is 1. The fourth-order valence-corrected chi connectivity index (χ4v) is 4.21. The molecule has 35 heavy (non-hydrogen) atoms. The summed E-state index contributed by atoms with van der Waals surface area (Å²) in [5, 5.41) is 3.08. The van der Waals surface area contributed by atoms with Crippen molar-refractivity contribution in [3.63, 3.8) is 0 Å². The summed E-state index contributed by atoms with van der Waals surface area (Å²) in [7, 11) is 0. The second kappa shape index (κ2) is 13.1. The van der Waals surface area contributed by atoms with Crippen LogP contribution in [-0.4, -0.2) is 35.4 Å². The average Bonchev–Trinajstić information content (AvgIpc) is 2.85. The van der Waals surface area contributed by atoms with E-state index in [0.29, 0.717) is 18.7 Å². The second-order valence-electron chi connectivity index (χ2n) is 8.78. The van der Waals surface area contributed by atoms with Gasteiger partial charge in [-0.05, 0) is 61.2 Å². The quantitative estimate of drug-likeness (QED) is 0.342. The fourth-order valence-electron chi connectivity index (χ4n) is 3.76. The Morgan fingerprint density at radius 1 is 0.971 bits per heavy atom. The largest absolute Gasteiger partial charge is 0.484 e. The summed E-state index contributed by atoms with van der Waals surface area (Å²) >= 11 is 3.51. The third-order valence-corrected chi connectivity index (χ3v) is 6.36. The van der Waals surface area contributed by atoms with Crippen LogP contribution in [0.25, 0.3) is 0 Å². The third kappa shape index (κ3) is 8.25. The summed E-state index contributed by atoms with van der Waals surface area (Å²) in [6, 6.07) is 24.5. The number of rotatable bonds is 11.